The van der Waals surface area contributed by atoms with Gasteiger partial charge in [0.15, 0.2) is 0 Å². The summed E-state index contributed by atoms with van der Waals surface area (Å²) in [4.78, 5) is 25.6. The third-order valence-corrected chi connectivity index (χ3v) is 4.30. The number of carbonyl (C=O) groups is 2. The fraction of sp³-hybridized carbons (Fsp3) is 0.867. The minimum Gasteiger partial charge on any atom is -0.450 e. The van der Waals surface area contributed by atoms with Crippen LogP contribution in [-0.2, 0) is 9.53 Å². The Bertz CT molecular complexity index is 367. The first-order chi connectivity index (χ1) is 10.1. The van der Waals surface area contributed by atoms with E-state index >= 15 is 0 Å². The molecule has 2 atom stereocenters. The molecule has 2 N–H and O–H groups in total. The largest absolute Gasteiger partial charge is 0.450 e. The average molecular weight is 297 g/mol. The summed E-state index contributed by atoms with van der Waals surface area (Å²) in [7, 11) is 0. The van der Waals surface area contributed by atoms with E-state index in [-0.39, 0.29) is 24.1 Å². The van der Waals surface area contributed by atoms with Crippen molar-refractivity contribution in [3.63, 3.8) is 0 Å². The molecule has 2 unspecified atom stereocenters. The van der Waals surface area contributed by atoms with E-state index in [4.69, 9.17) is 4.74 Å². The predicted octanol–water partition coefficient (Wildman–Crippen LogP) is 1.25. The van der Waals surface area contributed by atoms with Crippen LogP contribution >= 0.6 is 0 Å². The fourth-order valence-corrected chi connectivity index (χ4v) is 3.07. The molecule has 2 fully saturated rings. The van der Waals surface area contributed by atoms with Crippen molar-refractivity contribution >= 4 is 12.0 Å². The van der Waals surface area contributed by atoms with E-state index in [1.54, 1.807) is 4.90 Å². The van der Waals surface area contributed by atoms with Crippen LogP contribution in [0.2, 0.25) is 0 Å². The Balaban J connectivity index is 1.73. The van der Waals surface area contributed by atoms with Crippen LogP contribution in [0.4, 0.5) is 4.79 Å². The van der Waals surface area contributed by atoms with Crippen LogP contribution in [0.5, 0.6) is 0 Å². The first-order valence-corrected chi connectivity index (χ1v) is 8.08. The van der Waals surface area contributed by atoms with Gasteiger partial charge in [0, 0.05) is 25.2 Å². The number of carbonyl (C=O) groups excluding carboxylic acids is 2. The molecule has 0 bridgehead atoms. The zero-order valence-corrected chi connectivity index (χ0v) is 13.1. The second-order valence-electron chi connectivity index (χ2n) is 6.02. The summed E-state index contributed by atoms with van der Waals surface area (Å²) in [6.45, 7) is 5.64. The fourth-order valence-electron chi connectivity index (χ4n) is 3.07. The number of amides is 2. The summed E-state index contributed by atoms with van der Waals surface area (Å²) < 4.78 is 4.99. The summed E-state index contributed by atoms with van der Waals surface area (Å²) in [6, 6.07) is 0.527. The van der Waals surface area contributed by atoms with E-state index in [9.17, 15) is 9.59 Å². The highest BCUT2D eigenvalue weighted by atomic mass is 16.6. The van der Waals surface area contributed by atoms with E-state index in [2.05, 4.69) is 17.6 Å². The van der Waals surface area contributed by atoms with Crippen LogP contribution in [0.1, 0.15) is 46.0 Å². The summed E-state index contributed by atoms with van der Waals surface area (Å²) >= 11 is 0. The smallest absolute Gasteiger partial charge is 0.409 e. The van der Waals surface area contributed by atoms with Gasteiger partial charge in [-0.3, -0.25) is 4.79 Å². The van der Waals surface area contributed by atoms with Crippen molar-refractivity contribution < 1.29 is 14.3 Å². The maximum Gasteiger partial charge on any atom is 0.409 e. The number of nitrogens with one attached hydrogen (secondary N) is 2. The summed E-state index contributed by atoms with van der Waals surface area (Å²) in [6.07, 6.45) is 4.51. The van der Waals surface area contributed by atoms with E-state index in [1.807, 2.05) is 6.92 Å². The van der Waals surface area contributed by atoms with Gasteiger partial charge in [0.2, 0.25) is 5.91 Å². The minimum absolute atomic E-state index is 0.0585. The monoisotopic (exact) mass is 297 g/mol. The van der Waals surface area contributed by atoms with Crippen molar-refractivity contribution in [2.75, 3.05) is 19.7 Å². The van der Waals surface area contributed by atoms with E-state index in [0.29, 0.717) is 25.7 Å². The van der Waals surface area contributed by atoms with Crippen LogP contribution in [0.3, 0.4) is 0 Å². The van der Waals surface area contributed by atoms with Gasteiger partial charge in [0.05, 0.1) is 12.6 Å². The van der Waals surface area contributed by atoms with Gasteiger partial charge in [-0.2, -0.15) is 0 Å². The van der Waals surface area contributed by atoms with Gasteiger partial charge in [0.25, 0.3) is 0 Å². The molecular weight excluding hydrogens is 270 g/mol. The Morgan fingerprint density at radius 3 is 2.57 bits per heavy atom. The standard InChI is InChI=1S/C15H27N3O3/c1-3-21-15(20)18-9-7-12(8-10-18)17-14(19)13-6-4-5-11(2)16-13/h11-13,16H,3-10H2,1-2H3,(H,17,19). The summed E-state index contributed by atoms with van der Waals surface area (Å²) in [5.74, 6) is 0.108. The molecule has 2 aliphatic heterocycles. The zero-order valence-electron chi connectivity index (χ0n) is 13.1. The number of nitrogens with zero attached hydrogens (tertiary/aromatic N) is 1. The van der Waals surface area contributed by atoms with Gasteiger partial charge in [-0.15, -0.1) is 0 Å². The Kier molecular flexibility index (Phi) is 5.85. The third-order valence-electron chi connectivity index (χ3n) is 4.30. The minimum atomic E-state index is -0.245. The van der Waals surface area contributed by atoms with Crippen LogP contribution in [0.15, 0.2) is 0 Å². The number of piperidine rings is 2. The van der Waals surface area contributed by atoms with Gasteiger partial charge in [0.1, 0.15) is 0 Å². The molecule has 0 aliphatic carbocycles. The maximum atomic E-state index is 12.3. The first-order valence-electron chi connectivity index (χ1n) is 8.08. The molecule has 2 rings (SSSR count). The molecule has 2 amide bonds. The Morgan fingerprint density at radius 2 is 1.95 bits per heavy atom. The Morgan fingerprint density at radius 1 is 1.24 bits per heavy atom. The number of likely N-dealkylation sites (tertiary alicyclic amines) is 1. The van der Waals surface area contributed by atoms with Crippen molar-refractivity contribution in [1.29, 1.82) is 0 Å². The lowest BCUT2D eigenvalue weighted by Gasteiger charge is -2.34. The molecule has 0 aromatic rings. The van der Waals surface area contributed by atoms with Gasteiger partial charge < -0.3 is 20.3 Å². The van der Waals surface area contributed by atoms with Crippen LogP contribution in [0.25, 0.3) is 0 Å². The average Bonchev–Trinajstić information content (AvgIpc) is 2.48. The third kappa shape index (κ3) is 4.59. The lowest BCUT2D eigenvalue weighted by Crippen LogP contribution is -2.54. The van der Waals surface area contributed by atoms with Gasteiger partial charge in [-0.1, -0.05) is 0 Å². The molecule has 6 nitrogen and oxygen atoms in total. The van der Waals surface area contributed by atoms with E-state index in [1.165, 1.54) is 0 Å². The maximum absolute atomic E-state index is 12.3. The van der Waals surface area contributed by atoms with Crippen molar-refractivity contribution in [2.24, 2.45) is 0 Å². The molecule has 2 aliphatic rings. The molecule has 21 heavy (non-hydrogen) atoms. The van der Waals surface area contributed by atoms with Crippen molar-refractivity contribution in [3.05, 3.63) is 0 Å². The highest BCUT2D eigenvalue weighted by Crippen LogP contribution is 2.15. The molecule has 0 aromatic carbocycles. The Hall–Kier alpha value is -1.30. The SMILES string of the molecule is CCOC(=O)N1CCC(NC(=O)C2CCCC(C)N2)CC1. The summed E-state index contributed by atoms with van der Waals surface area (Å²) in [5.41, 5.74) is 0. The van der Waals surface area contributed by atoms with Crippen LogP contribution in [0, 0.1) is 0 Å². The lowest BCUT2D eigenvalue weighted by molar-refractivity contribution is -0.125. The predicted molar refractivity (Wildman–Crippen MR) is 80.0 cm³/mol. The topological polar surface area (TPSA) is 70.7 Å². The van der Waals surface area contributed by atoms with Gasteiger partial charge >= 0.3 is 6.09 Å². The second-order valence-corrected chi connectivity index (χ2v) is 6.02. The molecule has 0 radical (unpaired) electrons. The first kappa shape index (κ1) is 16.1. The number of hydrogen-bond acceptors (Lipinski definition) is 4. The molecule has 6 heteroatoms. The molecule has 120 valence electrons. The van der Waals surface area contributed by atoms with Crippen molar-refractivity contribution in [2.45, 2.75) is 64.1 Å². The second kappa shape index (κ2) is 7.64. The number of rotatable bonds is 3. The van der Waals surface area contributed by atoms with Gasteiger partial charge in [-0.05, 0) is 46.0 Å². The van der Waals surface area contributed by atoms with Crippen molar-refractivity contribution in [1.82, 2.24) is 15.5 Å². The van der Waals surface area contributed by atoms with E-state index in [0.717, 1.165) is 32.1 Å². The summed E-state index contributed by atoms with van der Waals surface area (Å²) in [5, 5.41) is 6.47. The van der Waals surface area contributed by atoms with Crippen LogP contribution in [-0.4, -0.2) is 54.7 Å². The molecule has 2 saturated heterocycles. The number of ether oxygens (including phenoxy) is 1. The molecular formula is C15H27N3O3. The zero-order chi connectivity index (χ0) is 15.2. The normalized spacial score (nSPS) is 27.2. The Labute approximate surface area is 126 Å². The van der Waals surface area contributed by atoms with Crippen LogP contribution < -0.4 is 10.6 Å². The molecule has 0 saturated carbocycles. The molecule has 0 spiro atoms. The van der Waals surface area contributed by atoms with E-state index < -0.39 is 0 Å². The molecule has 0 aromatic heterocycles. The quantitative estimate of drug-likeness (QED) is 0.822. The van der Waals surface area contributed by atoms with Gasteiger partial charge in [-0.25, -0.2) is 4.79 Å². The van der Waals surface area contributed by atoms with Crippen molar-refractivity contribution in [3.8, 4) is 0 Å². The highest BCUT2D eigenvalue weighted by molar-refractivity contribution is 5.82. The highest BCUT2D eigenvalue weighted by Gasteiger charge is 2.28. The number of hydrogen-bond donors (Lipinski definition) is 2. The molecule has 2 heterocycles. The lowest BCUT2D eigenvalue weighted by atomic mass is 9.98.